The van der Waals surface area contributed by atoms with E-state index in [-0.39, 0.29) is 0 Å². The van der Waals surface area contributed by atoms with E-state index in [0.717, 1.165) is 25.7 Å². The van der Waals surface area contributed by atoms with Crippen molar-refractivity contribution in [2.45, 2.75) is 90.9 Å². The average molecular weight is 307 g/mol. The Kier molecular flexibility index (Phi) is 17.2. The molecule has 0 bridgehead atoms. The average Bonchev–Trinajstić information content (AvgIpc) is 2.45. The summed E-state index contributed by atoms with van der Waals surface area (Å²) in [5.74, 6) is 0. The predicted molar refractivity (Wildman–Crippen MR) is 86.8 cm³/mol. The molecule has 0 aliphatic carbocycles. The molecule has 0 aromatic carbocycles. The van der Waals surface area contributed by atoms with Crippen LogP contribution in [0.25, 0.3) is 0 Å². The van der Waals surface area contributed by atoms with Crippen LogP contribution in [0.3, 0.4) is 0 Å². The van der Waals surface area contributed by atoms with Crippen LogP contribution in [-0.4, -0.2) is 17.4 Å². The van der Waals surface area contributed by atoms with Crippen LogP contribution in [-0.2, 0) is 19.7 Å². The third-order valence-corrected chi connectivity index (χ3v) is 4.07. The van der Waals surface area contributed by atoms with Crippen molar-refractivity contribution in [3.05, 3.63) is 0 Å². The molecule has 0 fully saturated rings. The van der Waals surface area contributed by atoms with Gasteiger partial charge in [0.2, 0.25) is 0 Å². The number of unbranched alkanes of at least 4 members (excludes halogenated alkanes) is 10. The minimum Gasteiger partial charge on any atom is -0.268 e. The first-order valence-corrected chi connectivity index (χ1v) is 9.49. The molecule has 0 atom stereocenters. The summed E-state index contributed by atoms with van der Waals surface area (Å²) in [6, 6.07) is 0. The van der Waals surface area contributed by atoms with Crippen molar-refractivity contribution in [3.63, 3.8) is 0 Å². The fourth-order valence-corrected chi connectivity index (χ4v) is 2.63. The van der Waals surface area contributed by atoms with Gasteiger partial charge < -0.3 is 0 Å². The first kappa shape index (κ1) is 20.1. The zero-order chi connectivity index (χ0) is 14.9. The molecule has 20 heavy (non-hydrogen) atoms. The second kappa shape index (κ2) is 17.1. The third-order valence-electron chi connectivity index (χ3n) is 3.35. The summed E-state index contributed by atoms with van der Waals surface area (Å²) in [5.41, 5.74) is 0. The van der Waals surface area contributed by atoms with E-state index < -0.39 is 11.4 Å². The van der Waals surface area contributed by atoms with Gasteiger partial charge in [0.1, 0.15) is 0 Å². The molecule has 0 N–H and O–H groups in total. The van der Waals surface area contributed by atoms with E-state index in [4.69, 9.17) is 8.37 Å². The summed E-state index contributed by atoms with van der Waals surface area (Å²) >= 11 is -1.54. The lowest BCUT2D eigenvalue weighted by Gasteiger charge is -2.04. The van der Waals surface area contributed by atoms with Gasteiger partial charge in [0.15, 0.2) is 0 Å². The molecular weight excluding hydrogens is 272 g/mol. The monoisotopic (exact) mass is 306 g/mol. The molecular formula is C16H34O3S. The Morgan fingerprint density at radius 2 is 0.950 bits per heavy atom. The molecule has 122 valence electrons. The van der Waals surface area contributed by atoms with Crippen molar-refractivity contribution in [1.29, 1.82) is 0 Å². The molecule has 0 aliphatic heterocycles. The van der Waals surface area contributed by atoms with Crippen LogP contribution < -0.4 is 0 Å². The molecule has 0 unspecified atom stereocenters. The number of hydrogen-bond acceptors (Lipinski definition) is 3. The van der Waals surface area contributed by atoms with E-state index in [0.29, 0.717) is 13.2 Å². The topological polar surface area (TPSA) is 35.5 Å². The van der Waals surface area contributed by atoms with Crippen LogP contribution in [0.4, 0.5) is 0 Å². The molecule has 4 heteroatoms. The van der Waals surface area contributed by atoms with Crippen LogP contribution in [0, 0.1) is 0 Å². The highest BCUT2D eigenvalue weighted by Gasteiger charge is 2.00. The van der Waals surface area contributed by atoms with E-state index >= 15 is 0 Å². The zero-order valence-electron chi connectivity index (χ0n) is 13.5. The first-order valence-electron chi connectivity index (χ1n) is 8.49. The maximum absolute atomic E-state index is 11.4. The highest BCUT2D eigenvalue weighted by Crippen LogP contribution is 2.07. The van der Waals surface area contributed by atoms with Crippen LogP contribution in [0.15, 0.2) is 0 Å². The van der Waals surface area contributed by atoms with Crippen molar-refractivity contribution in [2.24, 2.45) is 0 Å². The Balaban J connectivity index is 3.13. The van der Waals surface area contributed by atoms with Crippen LogP contribution >= 0.6 is 0 Å². The minimum absolute atomic E-state index is 0.551. The Morgan fingerprint density at radius 3 is 1.35 bits per heavy atom. The lowest BCUT2D eigenvalue weighted by atomic mass is 10.1. The molecule has 0 radical (unpaired) electrons. The standard InChI is InChI=1S/C16H34O3S/c1-3-5-7-9-11-13-15-18-20(17)19-16-14-12-10-8-6-4-2/h3-16H2,1-2H3. The molecule has 0 amide bonds. The normalized spacial score (nSPS) is 11.3. The van der Waals surface area contributed by atoms with Crippen molar-refractivity contribution in [2.75, 3.05) is 13.2 Å². The fraction of sp³-hybridized carbons (Fsp3) is 1.00. The molecule has 0 heterocycles. The molecule has 0 saturated carbocycles. The number of hydrogen-bond donors (Lipinski definition) is 0. The quantitative estimate of drug-likeness (QED) is 0.362. The summed E-state index contributed by atoms with van der Waals surface area (Å²) in [6.45, 7) is 5.53. The fourth-order valence-electron chi connectivity index (χ4n) is 2.05. The Morgan fingerprint density at radius 1 is 0.600 bits per heavy atom. The van der Waals surface area contributed by atoms with Gasteiger partial charge in [-0.15, -0.1) is 0 Å². The molecule has 0 aromatic heterocycles. The van der Waals surface area contributed by atoms with Crippen LogP contribution in [0.1, 0.15) is 90.9 Å². The molecule has 0 aromatic rings. The highest BCUT2D eigenvalue weighted by molar-refractivity contribution is 7.75. The van der Waals surface area contributed by atoms with Crippen LogP contribution in [0.2, 0.25) is 0 Å². The maximum Gasteiger partial charge on any atom is 0.304 e. The Labute approximate surface area is 128 Å². The summed E-state index contributed by atoms with van der Waals surface area (Å²) in [4.78, 5) is 0. The van der Waals surface area contributed by atoms with Gasteiger partial charge in [0, 0.05) is 0 Å². The number of rotatable bonds is 16. The molecule has 0 spiro atoms. The SMILES string of the molecule is CCCCCCCCOS(=O)OCCCCCCCC. The van der Waals surface area contributed by atoms with Gasteiger partial charge in [-0.1, -0.05) is 78.1 Å². The Hall–Kier alpha value is 0.0700. The van der Waals surface area contributed by atoms with Gasteiger partial charge in [-0.05, 0) is 12.8 Å². The van der Waals surface area contributed by atoms with Gasteiger partial charge in [0.05, 0.1) is 13.2 Å². The first-order chi connectivity index (χ1) is 9.81. The van der Waals surface area contributed by atoms with Gasteiger partial charge in [0.25, 0.3) is 0 Å². The van der Waals surface area contributed by atoms with Gasteiger partial charge in [-0.25, -0.2) is 0 Å². The van der Waals surface area contributed by atoms with Crippen molar-refractivity contribution in [1.82, 2.24) is 0 Å². The summed E-state index contributed by atoms with van der Waals surface area (Å²) < 4.78 is 21.7. The molecule has 0 aliphatic rings. The molecule has 0 saturated heterocycles. The third kappa shape index (κ3) is 16.1. The molecule has 3 nitrogen and oxygen atoms in total. The second-order valence-electron chi connectivity index (χ2n) is 5.38. The minimum atomic E-state index is -1.54. The second-order valence-corrected chi connectivity index (χ2v) is 6.26. The van der Waals surface area contributed by atoms with Gasteiger partial charge in [-0.2, -0.15) is 4.21 Å². The predicted octanol–water partition coefficient (Wildman–Crippen LogP) is 5.32. The van der Waals surface area contributed by atoms with Gasteiger partial charge in [-0.3, -0.25) is 8.37 Å². The lowest BCUT2D eigenvalue weighted by molar-refractivity contribution is 0.240. The molecule has 0 rings (SSSR count). The summed E-state index contributed by atoms with van der Waals surface area (Å²) in [7, 11) is 0. The maximum atomic E-state index is 11.4. The van der Waals surface area contributed by atoms with Gasteiger partial charge >= 0.3 is 11.4 Å². The van der Waals surface area contributed by atoms with Crippen molar-refractivity contribution < 1.29 is 12.6 Å². The van der Waals surface area contributed by atoms with Crippen molar-refractivity contribution in [3.8, 4) is 0 Å². The van der Waals surface area contributed by atoms with E-state index in [1.165, 1.54) is 51.4 Å². The van der Waals surface area contributed by atoms with E-state index in [2.05, 4.69) is 13.8 Å². The largest absolute Gasteiger partial charge is 0.304 e. The lowest BCUT2D eigenvalue weighted by Crippen LogP contribution is -2.05. The zero-order valence-corrected chi connectivity index (χ0v) is 14.3. The van der Waals surface area contributed by atoms with Crippen LogP contribution in [0.5, 0.6) is 0 Å². The van der Waals surface area contributed by atoms with E-state index in [9.17, 15) is 4.21 Å². The summed E-state index contributed by atoms with van der Waals surface area (Å²) in [5, 5.41) is 0. The summed E-state index contributed by atoms with van der Waals surface area (Å²) in [6.07, 6.45) is 14.6. The highest BCUT2D eigenvalue weighted by atomic mass is 32.2. The smallest absolute Gasteiger partial charge is 0.268 e. The van der Waals surface area contributed by atoms with E-state index in [1.54, 1.807) is 0 Å². The van der Waals surface area contributed by atoms with E-state index in [1.807, 2.05) is 0 Å². The Bertz CT molecular complexity index is 190. The van der Waals surface area contributed by atoms with Crippen molar-refractivity contribution >= 4 is 11.4 Å².